The Morgan fingerprint density at radius 1 is 1.39 bits per heavy atom. The molecule has 23 heavy (non-hydrogen) atoms. The zero-order chi connectivity index (χ0) is 16.8. The monoisotopic (exact) mass is 359 g/mol. The number of benzene rings is 1. The molecule has 1 saturated heterocycles. The third kappa shape index (κ3) is 2.97. The third-order valence-corrected chi connectivity index (χ3v) is 6.96. The van der Waals surface area contributed by atoms with Gasteiger partial charge in [-0.15, -0.1) is 0 Å². The maximum Gasteiger partial charge on any atom is 0.243 e. The standard InChI is InChI=1S/C16H22ClNO4S/c1-10-4-3-5-18(15(10)9-19)23(20,21)13-7-12-6-11(2)22-16(12)14(17)8-13/h7-8,10-11,15,19H,3-6,9H2,1-2H3/t10-,11+,15+/m0/s1. The highest BCUT2D eigenvalue weighted by Gasteiger charge is 2.38. The van der Waals surface area contributed by atoms with E-state index >= 15 is 0 Å². The van der Waals surface area contributed by atoms with Crippen LogP contribution in [0.15, 0.2) is 17.0 Å². The van der Waals surface area contributed by atoms with Crippen molar-refractivity contribution in [1.29, 1.82) is 0 Å². The molecule has 0 aromatic heterocycles. The zero-order valence-corrected chi connectivity index (χ0v) is 14.9. The largest absolute Gasteiger partial charge is 0.489 e. The molecule has 0 spiro atoms. The van der Waals surface area contributed by atoms with Gasteiger partial charge in [-0.2, -0.15) is 4.31 Å². The Morgan fingerprint density at radius 3 is 2.83 bits per heavy atom. The summed E-state index contributed by atoms with van der Waals surface area (Å²) in [5.74, 6) is 0.723. The molecule has 0 amide bonds. The minimum absolute atomic E-state index is 0.000605. The number of halogens is 1. The summed E-state index contributed by atoms with van der Waals surface area (Å²) in [4.78, 5) is 0.187. The highest BCUT2D eigenvalue weighted by Crippen LogP contribution is 2.39. The second kappa shape index (κ2) is 6.24. The van der Waals surface area contributed by atoms with Crippen molar-refractivity contribution in [2.75, 3.05) is 13.2 Å². The third-order valence-electron chi connectivity index (χ3n) is 4.78. The molecule has 2 aliphatic rings. The van der Waals surface area contributed by atoms with Crippen molar-refractivity contribution in [1.82, 2.24) is 4.31 Å². The van der Waals surface area contributed by atoms with Crippen LogP contribution in [0.4, 0.5) is 0 Å². The fourth-order valence-corrected chi connectivity index (χ4v) is 5.70. The van der Waals surface area contributed by atoms with Gasteiger partial charge in [-0.25, -0.2) is 8.42 Å². The highest BCUT2D eigenvalue weighted by molar-refractivity contribution is 7.89. The Morgan fingerprint density at radius 2 is 2.13 bits per heavy atom. The van der Waals surface area contributed by atoms with Crippen LogP contribution in [0.1, 0.15) is 32.3 Å². The van der Waals surface area contributed by atoms with Gasteiger partial charge in [-0.3, -0.25) is 0 Å². The average Bonchev–Trinajstić information content (AvgIpc) is 2.88. The minimum atomic E-state index is -3.68. The van der Waals surface area contributed by atoms with E-state index in [0.29, 0.717) is 23.7 Å². The van der Waals surface area contributed by atoms with Crippen LogP contribution in [0.3, 0.4) is 0 Å². The summed E-state index contributed by atoms with van der Waals surface area (Å²) in [6.07, 6.45) is 2.38. The van der Waals surface area contributed by atoms with Gasteiger partial charge in [-0.1, -0.05) is 18.5 Å². The van der Waals surface area contributed by atoms with E-state index in [9.17, 15) is 13.5 Å². The number of ether oxygens (including phenoxy) is 1. The first-order chi connectivity index (χ1) is 10.8. The fraction of sp³-hybridized carbons (Fsp3) is 0.625. The molecule has 2 aliphatic heterocycles. The lowest BCUT2D eigenvalue weighted by molar-refractivity contribution is 0.113. The van der Waals surface area contributed by atoms with Gasteiger partial charge in [0.2, 0.25) is 10.0 Å². The average molecular weight is 360 g/mol. The molecule has 0 radical (unpaired) electrons. The minimum Gasteiger partial charge on any atom is -0.489 e. The van der Waals surface area contributed by atoms with Gasteiger partial charge in [0.1, 0.15) is 11.9 Å². The van der Waals surface area contributed by atoms with Crippen molar-refractivity contribution in [3.8, 4) is 5.75 Å². The van der Waals surface area contributed by atoms with Crippen molar-refractivity contribution in [3.05, 3.63) is 22.7 Å². The van der Waals surface area contributed by atoms with Gasteiger partial charge in [0.25, 0.3) is 0 Å². The van der Waals surface area contributed by atoms with Crippen molar-refractivity contribution in [3.63, 3.8) is 0 Å². The number of aliphatic hydroxyl groups excluding tert-OH is 1. The lowest BCUT2D eigenvalue weighted by atomic mass is 9.93. The first kappa shape index (κ1) is 17.0. The van der Waals surface area contributed by atoms with Gasteiger partial charge in [0, 0.05) is 18.5 Å². The van der Waals surface area contributed by atoms with Crippen LogP contribution in [0.25, 0.3) is 0 Å². The smallest absolute Gasteiger partial charge is 0.243 e. The van der Waals surface area contributed by atoms with Crippen molar-refractivity contribution in [2.24, 2.45) is 5.92 Å². The molecule has 0 unspecified atom stereocenters. The maximum absolute atomic E-state index is 13.1. The predicted molar refractivity (Wildman–Crippen MR) is 88.4 cm³/mol. The van der Waals surface area contributed by atoms with Crippen LogP contribution in [0, 0.1) is 5.92 Å². The normalized spacial score (nSPS) is 28.4. The van der Waals surface area contributed by atoms with Gasteiger partial charge < -0.3 is 9.84 Å². The molecule has 5 nitrogen and oxygen atoms in total. The van der Waals surface area contributed by atoms with Crippen molar-refractivity contribution < 1.29 is 18.3 Å². The van der Waals surface area contributed by atoms with E-state index in [1.807, 2.05) is 13.8 Å². The summed E-state index contributed by atoms with van der Waals surface area (Å²) in [6.45, 7) is 4.17. The number of fused-ring (bicyclic) bond motifs is 1. The number of nitrogens with zero attached hydrogens (tertiary/aromatic N) is 1. The quantitative estimate of drug-likeness (QED) is 0.900. The second-order valence-corrected chi connectivity index (χ2v) is 8.81. The van der Waals surface area contributed by atoms with Gasteiger partial charge in [0.05, 0.1) is 22.6 Å². The molecule has 128 valence electrons. The molecule has 7 heteroatoms. The number of hydrogen-bond acceptors (Lipinski definition) is 4. The second-order valence-electron chi connectivity index (χ2n) is 6.51. The van der Waals surface area contributed by atoms with Crippen LogP contribution in [0.2, 0.25) is 5.02 Å². The Kier molecular flexibility index (Phi) is 4.62. The molecule has 3 rings (SSSR count). The zero-order valence-electron chi connectivity index (χ0n) is 13.3. The van der Waals surface area contributed by atoms with E-state index in [4.69, 9.17) is 16.3 Å². The van der Waals surface area contributed by atoms with Crippen LogP contribution >= 0.6 is 11.6 Å². The molecule has 3 atom stereocenters. The lowest BCUT2D eigenvalue weighted by Gasteiger charge is -2.37. The first-order valence-corrected chi connectivity index (χ1v) is 9.78. The van der Waals surface area contributed by atoms with Gasteiger partial charge >= 0.3 is 0 Å². The summed E-state index contributed by atoms with van der Waals surface area (Å²) < 4.78 is 33.2. The number of sulfonamides is 1. The Hall–Kier alpha value is -0.820. The van der Waals surface area contributed by atoms with Crippen LogP contribution < -0.4 is 4.74 Å². The van der Waals surface area contributed by atoms with Crippen molar-refractivity contribution >= 4 is 21.6 Å². The summed E-state index contributed by atoms with van der Waals surface area (Å²) >= 11 is 6.23. The van der Waals surface area contributed by atoms with E-state index in [1.54, 1.807) is 6.07 Å². The summed E-state index contributed by atoms with van der Waals surface area (Å²) in [5, 5.41) is 9.96. The number of rotatable bonds is 3. The summed E-state index contributed by atoms with van der Waals surface area (Å²) in [5.41, 5.74) is 0.828. The molecule has 0 saturated carbocycles. The van der Waals surface area contributed by atoms with Gasteiger partial charge in [-0.05, 0) is 37.8 Å². The first-order valence-electron chi connectivity index (χ1n) is 7.96. The van der Waals surface area contributed by atoms with E-state index in [-0.39, 0.29) is 29.6 Å². The predicted octanol–water partition coefficient (Wildman–Crippen LogP) is 2.44. The van der Waals surface area contributed by atoms with E-state index in [2.05, 4.69) is 0 Å². The molecular weight excluding hydrogens is 338 g/mol. The number of piperidine rings is 1. The van der Waals surface area contributed by atoms with Gasteiger partial charge in [0.15, 0.2) is 0 Å². The number of hydrogen-bond donors (Lipinski definition) is 1. The molecule has 1 aromatic rings. The molecule has 1 fully saturated rings. The SMILES string of the molecule is C[C@@H]1Cc2cc(S(=O)(=O)N3CCC[C@H](C)[C@H]3CO)cc(Cl)c2O1. The molecule has 2 heterocycles. The molecule has 1 N–H and O–H groups in total. The molecule has 1 aromatic carbocycles. The molecular formula is C16H22ClNO4S. The van der Waals surface area contributed by atoms with Crippen LogP contribution in [-0.2, 0) is 16.4 Å². The van der Waals surface area contributed by atoms with Crippen LogP contribution in [-0.4, -0.2) is 43.1 Å². The summed E-state index contributed by atoms with van der Waals surface area (Å²) in [7, 11) is -3.68. The van der Waals surface area contributed by atoms with E-state index in [1.165, 1.54) is 10.4 Å². The Labute approximate surface area is 142 Å². The van der Waals surface area contributed by atoms with E-state index < -0.39 is 10.0 Å². The molecule has 0 aliphatic carbocycles. The van der Waals surface area contributed by atoms with E-state index in [0.717, 1.165) is 18.4 Å². The maximum atomic E-state index is 13.1. The van der Waals surface area contributed by atoms with Crippen molar-refractivity contribution in [2.45, 2.75) is 50.2 Å². The highest BCUT2D eigenvalue weighted by atomic mass is 35.5. The molecule has 0 bridgehead atoms. The van der Waals surface area contributed by atoms with Crippen LogP contribution in [0.5, 0.6) is 5.75 Å². The lowest BCUT2D eigenvalue weighted by Crippen LogP contribution is -2.49. The summed E-state index contributed by atoms with van der Waals surface area (Å²) in [6, 6.07) is 2.74. The Balaban J connectivity index is 2.00. The Bertz CT molecular complexity index is 706. The topological polar surface area (TPSA) is 66.8 Å². The fourth-order valence-electron chi connectivity index (χ4n) is 3.52. The number of aliphatic hydroxyl groups is 1.